The van der Waals surface area contributed by atoms with Gasteiger partial charge in [0.25, 0.3) is 0 Å². The van der Waals surface area contributed by atoms with Crippen molar-refractivity contribution in [2.24, 2.45) is 5.92 Å². The van der Waals surface area contributed by atoms with E-state index in [-0.39, 0.29) is 17.9 Å². The Balaban J connectivity index is 1.89. The number of aliphatic hydroxyl groups is 1. The summed E-state index contributed by atoms with van der Waals surface area (Å²) < 4.78 is 5.19. The van der Waals surface area contributed by atoms with Gasteiger partial charge < -0.3 is 14.7 Å². The Morgan fingerprint density at radius 2 is 2.29 bits per heavy atom. The molecule has 0 radical (unpaired) electrons. The van der Waals surface area contributed by atoms with Crippen LogP contribution in [-0.2, 0) is 9.53 Å². The Bertz CT molecular complexity index is 213. The zero-order valence-corrected chi connectivity index (χ0v) is 8.32. The van der Waals surface area contributed by atoms with Crippen molar-refractivity contribution in [1.29, 1.82) is 0 Å². The number of piperidine rings is 1. The third-order valence-corrected chi connectivity index (χ3v) is 2.99. The summed E-state index contributed by atoms with van der Waals surface area (Å²) in [6.07, 6.45) is 2.26. The lowest BCUT2D eigenvalue weighted by Crippen LogP contribution is -2.45. The molecule has 2 aliphatic rings. The molecule has 2 atom stereocenters. The number of carbonyl (C=O) groups excluding carboxylic acids is 1. The van der Waals surface area contributed by atoms with Crippen molar-refractivity contribution in [2.45, 2.75) is 25.4 Å². The minimum atomic E-state index is -0.324. The molecule has 1 unspecified atom stereocenters. The Hall–Kier alpha value is -0.610. The summed E-state index contributed by atoms with van der Waals surface area (Å²) in [6, 6.07) is 0. The molecule has 0 aliphatic carbocycles. The summed E-state index contributed by atoms with van der Waals surface area (Å²) in [5.74, 6) is 0.210. The van der Waals surface area contributed by atoms with Crippen LogP contribution < -0.4 is 0 Å². The fourth-order valence-corrected chi connectivity index (χ4v) is 2.14. The molecule has 1 amide bonds. The molecule has 0 aromatic heterocycles. The van der Waals surface area contributed by atoms with Crippen LogP contribution in [0.2, 0.25) is 0 Å². The Morgan fingerprint density at radius 1 is 1.43 bits per heavy atom. The summed E-state index contributed by atoms with van der Waals surface area (Å²) in [5.41, 5.74) is 0. The molecule has 2 heterocycles. The number of hydrogen-bond donors (Lipinski definition) is 1. The molecule has 0 spiro atoms. The van der Waals surface area contributed by atoms with Crippen LogP contribution >= 0.6 is 0 Å². The second kappa shape index (κ2) is 4.28. The maximum atomic E-state index is 11.9. The summed E-state index contributed by atoms with van der Waals surface area (Å²) in [6.45, 7) is 2.57. The van der Waals surface area contributed by atoms with E-state index in [1.54, 1.807) is 4.90 Å². The fourth-order valence-electron chi connectivity index (χ4n) is 2.14. The molecular formula is C10H17NO3. The lowest BCUT2D eigenvalue weighted by Gasteiger charge is -2.31. The van der Waals surface area contributed by atoms with Crippen molar-refractivity contribution in [1.82, 2.24) is 4.90 Å². The third kappa shape index (κ3) is 2.07. The first-order chi connectivity index (χ1) is 6.77. The van der Waals surface area contributed by atoms with Gasteiger partial charge in [-0.05, 0) is 19.3 Å². The normalized spacial score (nSPS) is 33.4. The molecule has 0 aromatic carbocycles. The zero-order chi connectivity index (χ0) is 9.97. The summed E-state index contributed by atoms with van der Waals surface area (Å²) >= 11 is 0. The van der Waals surface area contributed by atoms with E-state index in [1.165, 1.54) is 0 Å². The molecule has 2 fully saturated rings. The molecule has 1 N–H and O–H groups in total. The van der Waals surface area contributed by atoms with Gasteiger partial charge in [-0.2, -0.15) is 0 Å². The van der Waals surface area contributed by atoms with Crippen LogP contribution in [0.4, 0.5) is 0 Å². The Labute approximate surface area is 83.8 Å². The molecule has 2 aliphatic heterocycles. The molecule has 14 heavy (non-hydrogen) atoms. The molecule has 4 heteroatoms. The first-order valence-electron chi connectivity index (χ1n) is 5.32. The zero-order valence-electron chi connectivity index (χ0n) is 8.32. The predicted molar refractivity (Wildman–Crippen MR) is 50.7 cm³/mol. The van der Waals surface area contributed by atoms with Crippen LogP contribution in [0, 0.1) is 5.92 Å². The monoisotopic (exact) mass is 199 g/mol. The van der Waals surface area contributed by atoms with E-state index in [0.717, 1.165) is 25.8 Å². The number of nitrogens with zero attached hydrogens (tertiary/aromatic N) is 1. The van der Waals surface area contributed by atoms with E-state index in [4.69, 9.17) is 4.74 Å². The van der Waals surface area contributed by atoms with E-state index >= 15 is 0 Å². The summed E-state index contributed by atoms with van der Waals surface area (Å²) in [5, 5.41) is 9.45. The highest BCUT2D eigenvalue weighted by Crippen LogP contribution is 2.18. The highest BCUT2D eigenvalue weighted by Gasteiger charge is 2.30. The third-order valence-electron chi connectivity index (χ3n) is 2.99. The van der Waals surface area contributed by atoms with Gasteiger partial charge in [0.15, 0.2) is 0 Å². The van der Waals surface area contributed by atoms with Crippen LogP contribution in [0.1, 0.15) is 19.3 Å². The molecule has 2 rings (SSSR count). The van der Waals surface area contributed by atoms with Gasteiger partial charge >= 0.3 is 0 Å². The average molecular weight is 199 g/mol. The van der Waals surface area contributed by atoms with Crippen molar-refractivity contribution in [3.8, 4) is 0 Å². The van der Waals surface area contributed by atoms with Gasteiger partial charge in [0.2, 0.25) is 5.91 Å². The van der Waals surface area contributed by atoms with Gasteiger partial charge in [-0.25, -0.2) is 0 Å². The first-order valence-corrected chi connectivity index (χ1v) is 5.32. The minimum absolute atomic E-state index is 0.0419. The fraction of sp³-hybridized carbons (Fsp3) is 0.900. The van der Waals surface area contributed by atoms with Gasteiger partial charge in [0, 0.05) is 19.7 Å². The molecule has 0 bridgehead atoms. The number of amides is 1. The lowest BCUT2D eigenvalue weighted by molar-refractivity contribution is -0.138. The number of carbonyl (C=O) groups is 1. The largest absolute Gasteiger partial charge is 0.391 e. The van der Waals surface area contributed by atoms with Crippen LogP contribution in [0.15, 0.2) is 0 Å². The number of ether oxygens (including phenoxy) is 1. The maximum Gasteiger partial charge on any atom is 0.228 e. The topological polar surface area (TPSA) is 49.8 Å². The highest BCUT2D eigenvalue weighted by molar-refractivity contribution is 5.79. The molecule has 0 saturated carbocycles. The van der Waals surface area contributed by atoms with Crippen molar-refractivity contribution in [3.05, 3.63) is 0 Å². The second-order valence-electron chi connectivity index (χ2n) is 4.14. The molecule has 4 nitrogen and oxygen atoms in total. The van der Waals surface area contributed by atoms with Crippen molar-refractivity contribution < 1.29 is 14.6 Å². The molecule has 0 aromatic rings. The predicted octanol–water partition coefficient (Wildman–Crippen LogP) is 0.00620. The van der Waals surface area contributed by atoms with Crippen molar-refractivity contribution in [3.63, 3.8) is 0 Å². The van der Waals surface area contributed by atoms with Gasteiger partial charge in [-0.15, -0.1) is 0 Å². The average Bonchev–Trinajstić information content (AvgIpc) is 2.69. The molecule has 80 valence electrons. The second-order valence-corrected chi connectivity index (χ2v) is 4.14. The Kier molecular flexibility index (Phi) is 3.03. The van der Waals surface area contributed by atoms with Gasteiger partial charge in [0.05, 0.1) is 18.6 Å². The smallest absolute Gasteiger partial charge is 0.228 e. The van der Waals surface area contributed by atoms with Crippen LogP contribution in [0.3, 0.4) is 0 Å². The number of likely N-dealkylation sites (tertiary alicyclic amines) is 1. The van der Waals surface area contributed by atoms with Crippen LogP contribution in [-0.4, -0.2) is 48.3 Å². The van der Waals surface area contributed by atoms with Crippen LogP contribution in [0.25, 0.3) is 0 Å². The number of aliphatic hydroxyl groups excluding tert-OH is 1. The van der Waals surface area contributed by atoms with Gasteiger partial charge in [-0.1, -0.05) is 0 Å². The van der Waals surface area contributed by atoms with E-state index in [1.807, 2.05) is 0 Å². The molecular weight excluding hydrogens is 182 g/mol. The van der Waals surface area contributed by atoms with E-state index in [2.05, 4.69) is 0 Å². The lowest BCUT2D eigenvalue weighted by atomic mass is 10.0. The van der Waals surface area contributed by atoms with Crippen molar-refractivity contribution in [2.75, 3.05) is 26.3 Å². The number of hydrogen-bond acceptors (Lipinski definition) is 3. The van der Waals surface area contributed by atoms with Gasteiger partial charge in [-0.3, -0.25) is 4.79 Å². The SMILES string of the molecule is O=C(C1CCOC1)N1CCC[C@H](O)C1. The van der Waals surface area contributed by atoms with E-state index in [9.17, 15) is 9.90 Å². The van der Waals surface area contributed by atoms with Crippen LogP contribution in [0.5, 0.6) is 0 Å². The number of β-amino-alcohol motifs (C(OH)–C–C–N with tert-alkyl or cyclic N) is 1. The van der Waals surface area contributed by atoms with E-state index < -0.39 is 0 Å². The van der Waals surface area contributed by atoms with E-state index in [0.29, 0.717) is 19.8 Å². The first kappa shape index (κ1) is 9.93. The standard InChI is InChI=1S/C10H17NO3/c12-9-2-1-4-11(6-9)10(13)8-3-5-14-7-8/h8-9,12H,1-7H2/t8?,9-/m0/s1. The quantitative estimate of drug-likeness (QED) is 0.647. The highest BCUT2D eigenvalue weighted by atomic mass is 16.5. The summed E-state index contributed by atoms with van der Waals surface area (Å²) in [4.78, 5) is 13.7. The summed E-state index contributed by atoms with van der Waals surface area (Å²) in [7, 11) is 0. The number of rotatable bonds is 1. The van der Waals surface area contributed by atoms with Crippen molar-refractivity contribution >= 4 is 5.91 Å². The molecule has 2 saturated heterocycles. The van der Waals surface area contributed by atoms with Gasteiger partial charge in [0.1, 0.15) is 0 Å². The Morgan fingerprint density at radius 3 is 2.93 bits per heavy atom. The maximum absolute atomic E-state index is 11.9. The minimum Gasteiger partial charge on any atom is -0.391 e.